The van der Waals surface area contributed by atoms with E-state index in [2.05, 4.69) is 15.6 Å². The molecule has 0 aliphatic carbocycles. The van der Waals surface area contributed by atoms with Gasteiger partial charge in [-0.15, -0.1) is 0 Å². The number of anilines is 1. The van der Waals surface area contributed by atoms with Crippen LogP contribution in [0.25, 0.3) is 10.9 Å². The van der Waals surface area contributed by atoms with Crippen LogP contribution < -0.4 is 10.6 Å². The summed E-state index contributed by atoms with van der Waals surface area (Å²) in [5.41, 5.74) is 2.58. The van der Waals surface area contributed by atoms with E-state index in [4.69, 9.17) is 0 Å². The molecule has 1 saturated heterocycles. The van der Waals surface area contributed by atoms with Gasteiger partial charge in [-0.05, 0) is 48.9 Å². The van der Waals surface area contributed by atoms with Crippen LogP contribution in [0.15, 0.2) is 59.6 Å². The highest BCUT2D eigenvalue weighted by Crippen LogP contribution is 2.27. The van der Waals surface area contributed by atoms with E-state index in [1.807, 2.05) is 30.5 Å². The van der Waals surface area contributed by atoms with Crippen molar-refractivity contribution in [3.8, 4) is 0 Å². The smallest absolute Gasteiger partial charge is 0.221 e. The number of amides is 1. The third kappa shape index (κ3) is 4.72. The minimum atomic E-state index is -3.88. The average Bonchev–Trinajstić information content (AvgIpc) is 3.29. The van der Waals surface area contributed by atoms with Crippen LogP contribution in [0.5, 0.6) is 0 Å². The van der Waals surface area contributed by atoms with Gasteiger partial charge in [-0.2, -0.15) is 0 Å². The Kier molecular flexibility index (Phi) is 6.11. The Morgan fingerprint density at radius 3 is 2.53 bits per heavy atom. The van der Waals surface area contributed by atoms with Gasteiger partial charge in [-0.1, -0.05) is 18.2 Å². The van der Waals surface area contributed by atoms with Gasteiger partial charge in [0.05, 0.1) is 21.7 Å². The van der Waals surface area contributed by atoms with E-state index in [9.17, 15) is 21.6 Å². The predicted molar refractivity (Wildman–Crippen MR) is 124 cm³/mol. The second-order valence-electron chi connectivity index (χ2n) is 8.04. The summed E-state index contributed by atoms with van der Waals surface area (Å²) < 4.78 is 51.1. The number of sulfone groups is 2. The molecule has 10 heteroatoms. The molecule has 0 saturated carbocycles. The first-order valence-electron chi connectivity index (χ1n) is 10.3. The Morgan fingerprint density at radius 1 is 1.09 bits per heavy atom. The van der Waals surface area contributed by atoms with Crippen LogP contribution in [0.3, 0.4) is 0 Å². The van der Waals surface area contributed by atoms with Crippen LogP contribution in [0.4, 0.5) is 5.69 Å². The quantitative estimate of drug-likeness (QED) is 0.479. The van der Waals surface area contributed by atoms with Crippen LogP contribution in [-0.2, 0) is 30.9 Å². The number of carbonyl (C=O) groups excluding carboxylic acids is 1. The van der Waals surface area contributed by atoms with Crippen molar-refractivity contribution in [3.63, 3.8) is 0 Å². The molecule has 1 amide bonds. The summed E-state index contributed by atoms with van der Waals surface area (Å²) in [6.07, 6.45) is 2.56. The molecule has 170 valence electrons. The number of para-hydroxylation sites is 1. The van der Waals surface area contributed by atoms with Crippen molar-refractivity contribution in [2.75, 3.05) is 23.4 Å². The monoisotopic (exact) mass is 475 g/mol. The normalized spacial score (nSPS) is 20.4. The lowest BCUT2D eigenvalue weighted by molar-refractivity contribution is -0.114. The summed E-state index contributed by atoms with van der Waals surface area (Å²) in [6.45, 7) is 1.82. The maximum atomic E-state index is 13.2. The minimum Gasteiger partial charge on any atom is -0.361 e. The molecule has 0 bridgehead atoms. The zero-order chi connectivity index (χ0) is 22.9. The van der Waals surface area contributed by atoms with Gasteiger partial charge in [0.2, 0.25) is 5.91 Å². The first-order chi connectivity index (χ1) is 15.2. The molecule has 2 aromatic carbocycles. The van der Waals surface area contributed by atoms with Gasteiger partial charge in [0.1, 0.15) is 0 Å². The molecule has 32 heavy (non-hydrogen) atoms. The van der Waals surface area contributed by atoms with Crippen LogP contribution in [0.1, 0.15) is 12.5 Å². The number of fused-ring (bicyclic) bond motifs is 1. The molecule has 3 aromatic rings. The van der Waals surface area contributed by atoms with Gasteiger partial charge in [-0.3, -0.25) is 4.79 Å². The third-order valence-electron chi connectivity index (χ3n) is 5.68. The Morgan fingerprint density at radius 2 is 1.81 bits per heavy atom. The van der Waals surface area contributed by atoms with E-state index in [-0.39, 0.29) is 16.6 Å². The molecule has 2 atom stereocenters. The molecule has 0 spiro atoms. The number of nitrogens with one attached hydrogen (secondary N) is 3. The fourth-order valence-electron chi connectivity index (χ4n) is 4.15. The van der Waals surface area contributed by atoms with Gasteiger partial charge >= 0.3 is 0 Å². The zero-order valence-electron chi connectivity index (χ0n) is 17.5. The van der Waals surface area contributed by atoms with Crippen LogP contribution in [-0.4, -0.2) is 57.1 Å². The third-order valence-corrected chi connectivity index (χ3v) is 9.84. The van der Waals surface area contributed by atoms with Crippen LogP contribution in [0, 0.1) is 0 Å². The van der Waals surface area contributed by atoms with E-state index in [0.29, 0.717) is 18.7 Å². The lowest BCUT2D eigenvalue weighted by Gasteiger charge is -2.20. The van der Waals surface area contributed by atoms with Crippen molar-refractivity contribution in [2.24, 2.45) is 0 Å². The Labute approximate surface area is 187 Å². The summed E-state index contributed by atoms with van der Waals surface area (Å²) in [5.74, 6) is -0.885. The van der Waals surface area contributed by atoms with Crippen molar-refractivity contribution in [2.45, 2.75) is 29.5 Å². The molecule has 0 radical (unpaired) electrons. The van der Waals surface area contributed by atoms with E-state index >= 15 is 0 Å². The summed E-state index contributed by atoms with van der Waals surface area (Å²) in [5, 5.41) is 5.79. The number of aromatic nitrogens is 1. The SMILES string of the molecule is CC(=O)Nc1ccc(S(=O)(=O)C2CS(=O)(=O)CC2NCCc2c[nH]c3ccccc23)cc1. The molecule has 4 rings (SSSR count). The van der Waals surface area contributed by atoms with Crippen molar-refractivity contribution in [1.29, 1.82) is 0 Å². The Balaban J connectivity index is 1.49. The summed E-state index contributed by atoms with van der Waals surface area (Å²) in [7, 11) is -7.37. The Bertz CT molecular complexity index is 1350. The summed E-state index contributed by atoms with van der Waals surface area (Å²) in [4.78, 5) is 14.4. The molecule has 1 aromatic heterocycles. The van der Waals surface area contributed by atoms with E-state index in [1.54, 1.807) is 0 Å². The molecular weight excluding hydrogens is 450 g/mol. The lowest BCUT2D eigenvalue weighted by atomic mass is 10.1. The molecule has 1 aliphatic heterocycles. The largest absolute Gasteiger partial charge is 0.361 e. The highest BCUT2D eigenvalue weighted by Gasteiger charge is 2.45. The standard InChI is InChI=1S/C22H25N3O5S2/c1-15(26)25-17-6-8-18(9-7-17)32(29,30)22-14-31(27,28)13-21(22)23-11-10-16-12-24-20-5-3-2-4-19(16)20/h2-9,12,21-24H,10-11,13-14H2,1H3,(H,25,26). The fraction of sp³-hybridized carbons (Fsp3) is 0.318. The van der Waals surface area contributed by atoms with Gasteiger partial charge in [-0.25, -0.2) is 16.8 Å². The molecule has 1 fully saturated rings. The molecule has 1 aliphatic rings. The topological polar surface area (TPSA) is 125 Å². The number of rotatable bonds is 7. The molecule has 8 nitrogen and oxygen atoms in total. The van der Waals surface area contributed by atoms with Crippen LogP contribution in [0.2, 0.25) is 0 Å². The number of carbonyl (C=O) groups is 1. The highest BCUT2D eigenvalue weighted by molar-refractivity contribution is 7.96. The van der Waals surface area contributed by atoms with Crippen LogP contribution >= 0.6 is 0 Å². The maximum absolute atomic E-state index is 13.2. The van der Waals surface area contributed by atoms with Gasteiger partial charge in [0.25, 0.3) is 0 Å². The minimum absolute atomic E-state index is 0.0390. The maximum Gasteiger partial charge on any atom is 0.221 e. The predicted octanol–water partition coefficient (Wildman–Crippen LogP) is 1.90. The first-order valence-corrected chi connectivity index (χ1v) is 13.6. The molecule has 2 unspecified atom stereocenters. The average molecular weight is 476 g/mol. The molecular formula is C22H25N3O5S2. The summed E-state index contributed by atoms with van der Waals surface area (Å²) in [6, 6.07) is 13.0. The van der Waals surface area contributed by atoms with Crippen molar-refractivity contribution >= 4 is 42.2 Å². The van der Waals surface area contributed by atoms with Gasteiger partial charge < -0.3 is 15.6 Å². The van der Waals surface area contributed by atoms with Gasteiger partial charge in [0, 0.05) is 35.8 Å². The number of aromatic amines is 1. The van der Waals surface area contributed by atoms with Gasteiger partial charge in [0.15, 0.2) is 19.7 Å². The van der Waals surface area contributed by atoms with E-state index < -0.39 is 36.7 Å². The number of benzene rings is 2. The lowest BCUT2D eigenvalue weighted by Crippen LogP contribution is -2.44. The van der Waals surface area contributed by atoms with Crippen molar-refractivity contribution < 1.29 is 21.6 Å². The van der Waals surface area contributed by atoms with Crippen molar-refractivity contribution in [1.82, 2.24) is 10.3 Å². The second-order valence-corrected chi connectivity index (χ2v) is 12.4. The van der Waals surface area contributed by atoms with Crippen molar-refractivity contribution in [3.05, 3.63) is 60.3 Å². The highest BCUT2D eigenvalue weighted by atomic mass is 32.2. The second kappa shape index (κ2) is 8.68. The zero-order valence-corrected chi connectivity index (χ0v) is 19.2. The number of hydrogen-bond donors (Lipinski definition) is 3. The Hall–Kier alpha value is -2.69. The number of hydrogen-bond acceptors (Lipinski definition) is 6. The van der Waals surface area contributed by atoms with E-state index in [1.165, 1.54) is 31.2 Å². The molecule has 3 N–H and O–H groups in total. The fourth-order valence-corrected chi connectivity index (χ4v) is 8.86. The summed E-state index contributed by atoms with van der Waals surface area (Å²) >= 11 is 0. The molecule has 2 heterocycles. The first kappa shape index (κ1) is 22.5. The van der Waals surface area contributed by atoms with E-state index in [0.717, 1.165) is 16.5 Å². The number of H-pyrrole nitrogens is 1.